The average Bonchev–Trinajstić information content (AvgIpc) is 3.11. The summed E-state index contributed by atoms with van der Waals surface area (Å²) in [5.41, 5.74) is 3.65. The number of amides is 2. The van der Waals surface area contributed by atoms with Gasteiger partial charge >= 0.3 is 18.2 Å². The highest BCUT2D eigenvalue weighted by Gasteiger charge is 2.47. The van der Waals surface area contributed by atoms with Gasteiger partial charge in [-0.25, -0.2) is 9.59 Å². The first-order valence-corrected chi connectivity index (χ1v) is 10.8. The first-order chi connectivity index (χ1) is 16.0. The van der Waals surface area contributed by atoms with Crippen LogP contribution in [0.4, 0.5) is 18.0 Å². The first kappa shape index (κ1) is 25.1. The normalized spacial score (nSPS) is 15.4. The standard InChI is InChI=1S/C24H25F3N2O5/c1-3-13(2)19(22(31)32)28-21(30)20(24(25,26)27)29-23(33)34-12-18-16-10-6-4-8-14(16)15-9-5-7-11-17(15)18/h4-11,13,18-20H,3,12H2,1-2H3,(H,28,30)(H,29,33)(H,31,32). The lowest BCUT2D eigenvalue weighted by molar-refractivity contribution is -0.169. The molecule has 10 heteroatoms. The molecule has 0 saturated carbocycles. The average molecular weight is 478 g/mol. The number of carbonyl (C=O) groups excluding carboxylic acids is 2. The first-order valence-electron chi connectivity index (χ1n) is 10.8. The quantitative estimate of drug-likeness (QED) is 0.531. The van der Waals surface area contributed by atoms with Crippen molar-refractivity contribution in [3.63, 3.8) is 0 Å². The lowest BCUT2D eigenvalue weighted by Gasteiger charge is -2.25. The van der Waals surface area contributed by atoms with Gasteiger partial charge in [0.15, 0.2) is 0 Å². The predicted molar refractivity (Wildman–Crippen MR) is 117 cm³/mol. The zero-order valence-corrected chi connectivity index (χ0v) is 18.6. The number of ether oxygens (including phenoxy) is 1. The van der Waals surface area contributed by atoms with E-state index in [1.807, 2.05) is 53.8 Å². The van der Waals surface area contributed by atoms with Gasteiger partial charge in [0.2, 0.25) is 6.04 Å². The van der Waals surface area contributed by atoms with Gasteiger partial charge in [-0.2, -0.15) is 13.2 Å². The van der Waals surface area contributed by atoms with Crippen molar-refractivity contribution >= 4 is 18.0 Å². The molecule has 0 spiro atoms. The SMILES string of the molecule is CCC(C)C(NC(=O)C(NC(=O)OCC1c2ccccc2-c2ccccc21)C(F)(F)F)C(=O)O. The molecule has 0 aliphatic heterocycles. The molecule has 0 saturated heterocycles. The monoisotopic (exact) mass is 478 g/mol. The third-order valence-corrected chi connectivity index (χ3v) is 5.97. The van der Waals surface area contributed by atoms with Gasteiger partial charge in [-0.3, -0.25) is 4.79 Å². The molecule has 0 radical (unpaired) electrons. The summed E-state index contributed by atoms with van der Waals surface area (Å²) in [6.45, 7) is 2.89. The highest BCUT2D eigenvalue weighted by molar-refractivity contribution is 5.90. The Morgan fingerprint density at radius 1 is 1.00 bits per heavy atom. The van der Waals surface area contributed by atoms with Crippen molar-refractivity contribution in [1.29, 1.82) is 0 Å². The Kier molecular flexibility index (Phi) is 7.48. The van der Waals surface area contributed by atoms with Crippen LogP contribution in [-0.4, -0.2) is 47.9 Å². The van der Waals surface area contributed by atoms with Crippen LogP contribution in [0.2, 0.25) is 0 Å². The minimum absolute atomic E-state index is 0.239. The zero-order valence-electron chi connectivity index (χ0n) is 18.6. The molecule has 0 bridgehead atoms. The highest BCUT2D eigenvalue weighted by Crippen LogP contribution is 2.44. The van der Waals surface area contributed by atoms with E-state index < -0.39 is 42.1 Å². The molecule has 0 fully saturated rings. The van der Waals surface area contributed by atoms with Gasteiger partial charge < -0.3 is 20.5 Å². The van der Waals surface area contributed by atoms with Gasteiger partial charge in [0, 0.05) is 5.92 Å². The van der Waals surface area contributed by atoms with Crippen LogP contribution in [0, 0.1) is 5.92 Å². The largest absolute Gasteiger partial charge is 0.480 e. The maximum atomic E-state index is 13.5. The number of nitrogens with one attached hydrogen (secondary N) is 2. The fourth-order valence-electron chi connectivity index (χ4n) is 3.97. The summed E-state index contributed by atoms with van der Waals surface area (Å²) >= 11 is 0. The van der Waals surface area contributed by atoms with Gasteiger partial charge in [-0.05, 0) is 28.2 Å². The summed E-state index contributed by atoms with van der Waals surface area (Å²) in [7, 11) is 0. The zero-order chi connectivity index (χ0) is 25.0. The lowest BCUT2D eigenvalue weighted by Crippen LogP contribution is -2.58. The van der Waals surface area contributed by atoms with Crippen LogP contribution in [0.15, 0.2) is 48.5 Å². The van der Waals surface area contributed by atoms with Crippen molar-refractivity contribution < 1.29 is 37.4 Å². The topological polar surface area (TPSA) is 105 Å². The molecule has 2 amide bonds. The van der Waals surface area contributed by atoms with E-state index >= 15 is 0 Å². The van der Waals surface area contributed by atoms with Crippen LogP contribution in [0.3, 0.4) is 0 Å². The number of alkyl halides is 3. The van der Waals surface area contributed by atoms with Gasteiger partial charge in [0.25, 0.3) is 5.91 Å². The number of carboxylic acid groups (broad SMARTS) is 1. The van der Waals surface area contributed by atoms with Crippen LogP contribution >= 0.6 is 0 Å². The molecule has 182 valence electrons. The predicted octanol–water partition coefficient (Wildman–Crippen LogP) is 4.07. The second-order valence-corrected chi connectivity index (χ2v) is 8.15. The maximum Gasteiger partial charge on any atom is 0.417 e. The fraction of sp³-hybridized carbons (Fsp3) is 0.375. The smallest absolute Gasteiger partial charge is 0.417 e. The van der Waals surface area contributed by atoms with E-state index in [-0.39, 0.29) is 12.5 Å². The second-order valence-electron chi connectivity index (χ2n) is 8.15. The molecule has 2 aromatic carbocycles. The number of rotatable bonds is 8. The van der Waals surface area contributed by atoms with Gasteiger partial charge in [-0.15, -0.1) is 0 Å². The number of carbonyl (C=O) groups is 3. The number of benzene rings is 2. The van der Waals surface area contributed by atoms with Crippen LogP contribution in [0.5, 0.6) is 0 Å². The third kappa shape index (κ3) is 5.32. The number of hydrogen-bond acceptors (Lipinski definition) is 4. The minimum Gasteiger partial charge on any atom is -0.480 e. The Labute approximate surface area is 194 Å². The molecule has 3 atom stereocenters. The lowest BCUT2D eigenvalue weighted by atomic mass is 9.98. The number of alkyl carbamates (subject to hydrolysis) is 1. The van der Waals surface area contributed by atoms with E-state index in [0.717, 1.165) is 22.3 Å². The van der Waals surface area contributed by atoms with Crippen molar-refractivity contribution in [3.05, 3.63) is 59.7 Å². The number of aliphatic carboxylic acids is 1. The van der Waals surface area contributed by atoms with Gasteiger partial charge in [0.1, 0.15) is 12.6 Å². The van der Waals surface area contributed by atoms with Crippen LogP contribution in [0.25, 0.3) is 11.1 Å². The fourth-order valence-corrected chi connectivity index (χ4v) is 3.97. The number of fused-ring (bicyclic) bond motifs is 3. The number of carboxylic acids is 1. The van der Waals surface area contributed by atoms with Crippen molar-refractivity contribution in [1.82, 2.24) is 10.6 Å². The molecule has 34 heavy (non-hydrogen) atoms. The number of hydrogen-bond donors (Lipinski definition) is 3. The Morgan fingerprint density at radius 3 is 2.00 bits per heavy atom. The minimum atomic E-state index is -5.16. The summed E-state index contributed by atoms with van der Waals surface area (Å²) in [5.74, 6) is -4.14. The summed E-state index contributed by atoms with van der Waals surface area (Å²) in [4.78, 5) is 35.9. The maximum absolute atomic E-state index is 13.5. The summed E-state index contributed by atoms with van der Waals surface area (Å²) in [6.07, 6.45) is -6.28. The van der Waals surface area contributed by atoms with Crippen molar-refractivity contribution in [2.75, 3.05) is 6.61 Å². The molecule has 0 aromatic heterocycles. The molecule has 2 aromatic rings. The molecular formula is C24H25F3N2O5. The van der Waals surface area contributed by atoms with Crippen molar-refractivity contribution in [2.45, 2.75) is 44.4 Å². The van der Waals surface area contributed by atoms with Crippen molar-refractivity contribution in [3.8, 4) is 11.1 Å². The molecule has 1 aliphatic carbocycles. The molecule has 3 unspecified atom stereocenters. The molecule has 1 aliphatic rings. The Hall–Kier alpha value is -3.56. The van der Waals surface area contributed by atoms with E-state index in [9.17, 15) is 32.7 Å². The Morgan fingerprint density at radius 2 is 1.53 bits per heavy atom. The third-order valence-electron chi connectivity index (χ3n) is 5.97. The Balaban J connectivity index is 1.70. The van der Waals surface area contributed by atoms with Crippen molar-refractivity contribution in [2.24, 2.45) is 5.92 Å². The molecule has 3 rings (SSSR count). The Bertz CT molecular complexity index is 1030. The van der Waals surface area contributed by atoms with E-state index in [4.69, 9.17) is 4.74 Å². The summed E-state index contributed by atoms with van der Waals surface area (Å²) < 4.78 is 45.7. The van der Waals surface area contributed by atoms with Gasteiger partial charge in [0.05, 0.1) is 0 Å². The highest BCUT2D eigenvalue weighted by atomic mass is 19.4. The van der Waals surface area contributed by atoms with Crippen LogP contribution in [-0.2, 0) is 14.3 Å². The number of halogens is 3. The van der Waals surface area contributed by atoms with E-state index in [1.54, 1.807) is 6.92 Å². The van der Waals surface area contributed by atoms with Crippen LogP contribution in [0.1, 0.15) is 37.3 Å². The van der Waals surface area contributed by atoms with E-state index in [0.29, 0.717) is 6.42 Å². The van der Waals surface area contributed by atoms with E-state index in [2.05, 4.69) is 0 Å². The summed E-state index contributed by atoms with van der Waals surface area (Å²) in [5, 5.41) is 12.7. The van der Waals surface area contributed by atoms with Crippen LogP contribution < -0.4 is 10.6 Å². The molecular weight excluding hydrogens is 453 g/mol. The van der Waals surface area contributed by atoms with Gasteiger partial charge in [-0.1, -0.05) is 68.8 Å². The van der Waals surface area contributed by atoms with E-state index in [1.165, 1.54) is 12.2 Å². The second kappa shape index (κ2) is 10.1. The summed E-state index contributed by atoms with van der Waals surface area (Å²) in [6, 6.07) is 10.4. The molecule has 0 heterocycles. The molecule has 3 N–H and O–H groups in total. The molecule has 7 nitrogen and oxygen atoms in total.